The third-order valence-electron chi connectivity index (χ3n) is 9.47. The minimum Gasteiger partial charge on any atom is -0.491 e. The standard InChI is InChI=1S/C40H49N9O5/c1-24(2)16-31-23-54-32-14-12-28(13-15-32)18-34(46-39(52)30-20-41-26(4)42-21-30)40(53)43-25(3)38(51)45-33(17-27-8-6-5-7-9-27)37-47-35(19-29-10-11-29)48-49(37)22-36(50)44-31/h5-9,12-15,20-21,24-25,29,31,33-34H,10-11,16-19,22-23H2,1-4H3,(H,43,53)(H,44,50)(H,45,51)(H,46,52)/t25-,31+,33-,34+/m1/s1. The molecule has 2 aromatic carbocycles. The van der Waals surface area contributed by atoms with Gasteiger partial charge in [-0.25, -0.2) is 19.6 Å². The van der Waals surface area contributed by atoms with Crippen LogP contribution in [-0.4, -0.2) is 73.1 Å². The first-order valence-corrected chi connectivity index (χ1v) is 18.7. The Morgan fingerprint density at radius 2 is 1.67 bits per heavy atom. The lowest BCUT2D eigenvalue weighted by atomic mass is 10.0. The molecule has 2 bridgehead atoms. The molecule has 14 nitrogen and oxygen atoms in total. The maximum Gasteiger partial charge on any atom is 0.255 e. The fraction of sp³-hybridized carbons (Fsp3) is 0.450. The number of aromatic nitrogens is 5. The summed E-state index contributed by atoms with van der Waals surface area (Å²) in [5, 5.41) is 16.7. The second-order valence-corrected chi connectivity index (χ2v) is 14.8. The van der Waals surface area contributed by atoms with Gasteiger partial charge in [0.05, 0.1) is 17.6 Å². The van der Waals surface area contributed by atoms with Gasteiger partial charge >= 0.3 is 0 Å². The van der Waals surface area contributed by atoms with Gasteiger partial charge in [-0.3, -0.25) is 19.2 Å². The summed E-state index contributed by atoms with van der Waals surface area (Å²) in [5.41, 5.74) is 1.90. The van der Waals surface area contributed by atoms with Crippen molar-refractivity contribution in [2.24, 2.45) is 11.8 Å². The van der Waals surface area contributed by atoms with Gasteiger partial charge in [-0.05, 0) is 74.6 Å². The van der Waals surface area contributed by atoms with Crippen LogP contribution in [0.4, 0.5) is 0 Å². The van der Waals surface area contributed by atoms with Crippen LogP contribution in [0.3, 0.4) is 0 Å². The summed E-state index contributed by atoms with van der Waals surface area (Å²) >= 11 is 0. The zero-order chi connectivity index (χ0) is 38.2. The normalized spacial score (nSPS) is 21.3. The fourth-order valence-electron chi connectivity index (χ4n) is 6.44. The summed E-state index contributed by atoms with van der Waals surface area (Å²) in [7, 11) is 0. The number of carbonyl (C=O) groups is 4. The third kappa shape index (κ3) is 10.7. The Bertz CT molecular complexity index is 1910. The number of rotatable bonds is 8. The second kappa shape index (κ2) is 17.4. The lowest BCUT2D eigenvalue weighted by Gasteiger charge is -2.25. The molecule has 54 heavy (non-hydrogen) atoms. The van der Waals surface area contributed by atoms with Crippen molar-refractivity contribution in [1.29, 1.82) is 0 Å². The summed E-state index contributed by atoms with van der Waals surface area (Å²) in [4.78, 5) is 67.9. The average molecular weight is 736 g/mol. The van der Waals surface area contributed by atoms with E-state index in [1.807, 2.05) is 42.5 Å². The summed E-state index contributed by atoms with van der Waals surface area (Å²) in [6, 6.07) is 13.9. The van der Waals surface area contributed by atoms with Crippen molar-refractivity contribution in [2.75, 3.05) is 6.61 Å². The van der Waals surface area contributed by atoms with Gasteiger partial charge in [0.15, 0.2) is 11.6 Å². The van der Waals surface area contributed by atoms with Crippen LogP contribution in [0.15, 0.2) is 67.0 Å². The van der Waals surface area contributed by atoms with Gasteiger partial charge in [-0.1, -0.05) is 56.3 Å². The van der Waals surface area contributed by atoms with Crippen LogP contribution in [0.1, 0.15) is 85.0 Å². The SMILES string of the molecule is Cc1ncc(C(=O)N[C@H]2Cc3ccc(cc3)OC[C@H](CC(C)C)NC(=O)Cn3nc(CC4CC4)nc3[C@@H](Cc3ccccc3)NC(=O)[C@@H](C)NC2=O)cn1. The molecule has 14 heteroatoms. The molecule has 2 aromatic heterocycles. The smallest absolute Gasteiger partial charge is 0.255 e. The highest BCUT2D eigenvalue weighted by molar-refractivity contribution is 5.98. The number of nitrogens with zero attached hydrogens (tertiary/aromatic N) is 5. The maximum atomic E-state index is 13.9. The minimum absolute atomic E-state index is 0.100. The molecule has 0 unspecified atom stereocenters. The van der Waals surface area contributed by atoms with Crippen LogP contribution >= 0.6 is 0 Å². The number of hydrogen-bond acceptors (Lipinski definition) is 9. The van der Waals surface area contributed by atoms with Crippen LogP contribution < -0.4 is 26.0 Å². The lowest BCUT2D eigenvalue weighted by molar-refractivity contribution is -0.130. The van der Waals surface area contributed by atoms with Crippen LogP contribution in [-0.2, 0) is 40.2 Å². The van der Waals surface area contributed by atoms with Crippen LogP contribution in [0.25, 0.3) is 0 Å². The molecule has 0 saturated heterocycles. The van der Waals surface area contributed by atoms with E-state index in [9.17, 15) is 19.2 Å². The van der Waals surface area contributed by atoms with Gasteiger partial charge in [0.25, 0.3) is 5.91 Å². The zero-order valence-corrected chi connectivity index (χ0v) is 31.2. The van der Waals surface area contributed by atoms with E-state index in [0.29, 0.717) is 48.4 Å². The third-order valence-corrected chi connectivity index (χ3v) is 9.47. The van der Waals surface area contributed by atoms with Gasteiger partial charge in [0.1, 0.15) is 36.8 Å². The molecule has 1 aliphatic carbocycles. The van der Waals surface area contributed by atoms with E-state index in [4.69, 9.17) is 14.8 Å². The summed E-state index contributed by atoms with van der Waals surface area (Å²) in [6.45, 7) is 7.62. The van der Waals surface area contributed by atoms with Gasteiger partial charge in [0.2, 0.25) is 17.7 Å². The number of fused-ring (bicyclic) bond motifs is 14. The predicted molar refractivity (Wildman–Crippen MR) is 200 cm³/mol. The lowest BCUT2D eigenvalue weighted by Crippen LogP contribution is -2.54. The molecule has 1 fully saturated rings. The average Bonchev–Trinajstić information content (AvgIpc) is 3.88. The van der Waals surface area contributed by atoms with E-state index in [0.717, 1.165) is 24.0 Å². The van der Waals surface area contributed by atoms with E-state index in [2.05, 4.69) is 45.1 Å². The molecule has 4 heterocycles. The molecule has 0 spiro atoms. The van der Waals surface area contributed by atoms with Crippen molar-refractivity contribution in [3.05, 3.63) is 101 Å². The van der Waals surface area contributed by atoms with Gasteiger partial charge < -0.3 is 26.0 Å². The van der Waals surface area contributed by atoms with Gasteiger partial charge in [-0.15, -0.1) is 0 Å². The zero-order valence-electron chi connectivity index (χ0n) is 31.2. The largest absolute Gasteiger partial charge is 0.491 e. The molecule has 4 aromatic rings. The molecular formula is C40H49N9O5. The molecule has 4 N–H and O–H groups in total. The molecule has 7 rings (SSSR count). The molecule has 284 valence electrons. The Balaban J connectivity index is 1.33. The van der Waals surface area contributed by atoms with E-state index >= 15 is 0 Å². The topological polar surface area (TPSA) is 182 Å². The van der Waals surface area contributed by atoms with Crippen LogP contribution in [0.5, 0.6) is 5.75 Å². The first kappa shape index (κ1) is 38.1. The highest BCUT2D eigenvalue weighted by Gasteiger charge is 2.31. The Morgan fingerprint density at radius 1 is 0.944 bits per heavy atom. The summed E-state index contributed by atoms with van der Waals surface area (Å²) in [5.74, 6) is 1.19. The monoisotopic (exact) mass is 735 g/mol. The first-order valence-electron chi connectivity index (χ1n) is 18.7. The molecule has 1 saturated carbocycles. The number of benzene rings is 2. The molecule has 0 radical (unpaired) electrons. The Hall–Kier alpha value is -5.66. The van der Waals surface area contributed by atoms with E-state index < -0.39 is 35.8 Å². The molecule has 4 atom stereocenters. The number of aryl methyl sites for hydroxylation is 1. The Kier molecular flexibility index (Phi) is 12.3. The van der Waals surface area contributed by atoms with Crippen molar-refractivity contribution < 1.29 is 23.9 Å². The fourth-order valence-corrected chi connectivity index (χ4v) is 6.44. The van der Waals surface area contributed by atoms with Crippen molar-refractivity contribution in [2.45, 2.75) is 96.9 Å². The number of ether oxygens (including phenoxy) is 1. The van der Waals surface area contributed by atoms with E-state index in [1.165, 1.54) is 12.4 Å². The summed E-state index contributed by atoms with van der Waals surface area (Å²) in [6.07, 6.45) is 6.89. The van der Waals surface area contributed by atoms with E-state index in [-0.39, 0.29) is 43.0 Å². The number of amides is 4. The van der Waals surface area contributed by atoms with Gasteiger partial charge in [-0.2, -0.15) is 5.10 Å². The molecule has 2 aliphatic heterocycles. The second-order valence-electron chi connectivity index (χ2n) is 14.8. The van der Waals surface area contributed by atoms with E-state index in [1.54, 1.807) is 30.7 Å². The first-order chi connectivity index (χ1) is 26.0. The predicted octanol–water partition coefficient (Wildman–Crippen LogP) is 3.20. The molecular weight excluding hydrogens is 686 g/mol. The van der Waals surface area contributed by atoms with Crippen LogP contribution in [0, 0.1) is 18.8 Å². The van der Waals surface area contributed by atoms with Crippen molar-refractivity contribution in [3.8, 4) is 5.75 Å². The maximum absolute atomic E-state index is 13.9. The molecule has 3 aliphatic rings. The van der Waals surface area contributed by atoms with Crippen molar-refractivity contribution in [1.82, 2.24) is 46.0 Å². The minimum atomic E-state index is -1.04. The number of nitrogens with one attached hydrogen (secondary N) is 4. The Morgan fingerprint density at radius 3 is 2.35 bits per heavy atom. The number of carbonyl (C=O) groups excluding carboxylic acids is 4. The highest BCUT2D eigenvalue weighted by atomic mass is 16.5. The highest BCUT2D eigenvalue weighted by Crippen LogP contribution is 2.32. The van der Waals surface area contributed by atoms with Crippen LogP contribution in [0.2, 0.25) is 0 Å². The Labute approximate surface area is 315 Å². The number of hydrogen-bond donors (Lipinski definition) is 4. The van der Waals surface area contributed by atoms with Crippen molar-refractivity contribution >= 4 is 23.6 Å². The molecule has 4 amide bonds. The van der Waals surface area contributed by atoms with Crippen molar-refractivity contribution in [3.63, 3.8) is 0 Å². The quantitative estimate of drug-likeness (QED) is 0.211. The summed E-state index contributed by atoms with van der Waals surface area (Å²) < 4.78 is 7.75. The van der Waals surface area contributed by atoms with Gasteiger partial charge in [0, 0.05) is 25.2 Å².